The number of rotatable bonds is 8. The van der Waals surface area contributed by atoms with E-state index < -0.39 is 12.2 Å². The van der Waals surface area contributed by atoms with Crippen LogP contribution in [0.2, 0.25) is 0 Å². The van der Waals surface area contributed by atoms with Crippen LogP contribution in [0.3, 0.4) is 0 Å². The Balaban J connectivity index is 1.75. The molecule has 2 heterocycles. The number of fused-ring (bicyclic) bond motifs is 1. The van der Waals surface area contributed by atoms with Crippen LogP contribution in [-0.2, 0) is 11.3 Å². The van der Waals surface area contributed by atoms with Crippen LogP contribution in [0.4, 0.5) is 5.82 Å². The molecule has 0 aliphatic carbocycles. The molecule has 2 aromatic carbocycles. The lowest BCUT2D eigenvalue weighted by molar-refractivity contribution is -0.144. The SMILES string of the molecule is [B]c1ccc2c(C(=O)c3ccc(ON)cc3)c(N)n(Cc3cccc(O[C@H](N)C(=O)O)c3)c2n1. The number of pyridine rings is 1. The van der Waals surface area contributed by atoms with E-state index in [0.717, 1.165) is 0 Å². The summed E-state index contributed by atoms with van der Waals surface area (Å²) >= 11 is 0. The number of carboxylic acids is 1. The van der Waals surface area contributed by atoms with E-state index in [1.807, 2.05) is 0 Å². The van der Waals surface area contributed by atoms with Crippen molar-refractivity contribution in [3.05, 3.63) is 77.4 Å². The molecule has 34 heavy (non-hydrogen) atoms. The number of ether oxygens (including phenoxy) is 1. The molecule has 0 aliphatic heterocycles. The third-order valence-corrected chi connectivity index (χ3v) is 5.19. The van der Waals surface area contributed by atoms with Crippen molar-refractivity contribution < 1.29 is 24.3 Å². The zero-order valence-electron chi connectivity index (χ0n) is 17.8. The van der Waals surface area contributed by atoms with Gasteiger partial charge in [-0.25, -0.2) is 9.78 Å². The molecular weight excluding hydrogens is 437 g/mol. The van der Waals surface area contributed by atoms with E-state index in [0.29, 0.717) is 27.9 Å². The molecule has 0 unspecified atom stereocenters. The lowest BCUT2D eigenvalue weighted by Gasteiger charge is -2.13. The molecule has 0 fully saturated rings. The van der Waals surface area contributed by atoms with Crippen molar-refractivity contribution in [3.63, 3.8) is 0 Å². The number of carboxylic acid groups (broad SMARTS) is 1. The van der Waals surface area contributed by atoms with Crippen LogP contribution in [0.15, 0.2) is 60.7 Å². The first-order chi connectivity index (χ1) is 16.3. The highest BCUT2D eigenvalue weighted by molar-refractivity contribution is 6.31. The summed E-state index contributed by atoms with van der Waals surface area (Å²) in [4.78, 5) is 33.4. The first-order valence-electron chi connectivity index (χ1n) is 10.1. The van der Waals surface area contributed by atoms with Crippen LogP contribution in [0.1, 0.15) is 21.5 Å². The van der Waals surface area contributed by atoms with Crippen LogP contribution in [0.25, 0.3) is 11.0 Å². The lowest BCUT2D eigenvalue weighted by atomic mass is 10.00. The molecule has 0 spiro atoms. The normalized spacial score (nSPS) is 11.8. The molecule has 7 N–H and O–H groups in total. The van der Waals surface area contributed by atoms with Gasteiger partial charge in [-0.05, 0) is 53.6 Å². The molecule has 4 rings (SSSR count). The van der Waals surface area contributed by atoms with Crippen LogP contribution >= 0.6 is 0 Å². The van der Waals surface area contributed by atoms with Gasteiger partial charge in [0.15, 0.2) is 5.78 Å². The van der Waals surface area contributed by atoms with Gasteiger partial charge in [0.2, 0.25) is 6.23 Å². The van der Waals surface area contributed by atoms with E-state index in [9.17, 15) is 9.59 Å². The van der Waals surface area contributed by atoms with Gasteiger partial charge in [-0.15, -0.1) is 0 Å². The number of carbonyl (C=O) groups excluding carboxylic acids is 1. The monoisotopic (exact) mass is 457 g/mol. The summed E-state index contributed by atoms with van der Waals surface area (Å²) in [5, 5.41) is 9.51. The summed E-state index contributed by atoms with van der Waals surface area (Å²) in [5.41, 5.74) is 14.0. The highest BCUT2D eigenvalue weighted by atomic mass is 16.6. The second-order valence-corrected chi connectivity index (χ2v) is 7.45. The summed E-state index contributed by atoms with van der Waals surface area (Å²) in [7, 11) is 5.91. The highest BCUT2D eigenvalue weighted by Gasteiger charge is 2.23. The third-order valence-electron chi connectivity index (χ3n) is 5.19. The molecule has 170 valence electrons. The van der Waals surface area contributed by atoms with Crippen LogP contribution in [0, 0.1) is 0 Å². The largest absolute Gasteiger partial charge is 0.477 e. The van der Waals surface area contributed by atoms with Crippen molar-refractivity contribution in [2.45, 2.75) is 12.8 Å². The number of nitrogen functional groups attached to an aromatic ring is 1. The van der Waals surface area contributed by atoms with Crippen LogP contribution in [0.5, 0.6) is 11.5 Å². The minimum absolute atomic E-state index is 0.200. The number of carbonyl (C=O) groups is 2. The summed E-state index contributed by atoms with van der Waals surface area (Å²) in [6.45, 7) is 0.214. The van der Waals surface area contributed by atoms with Crippen molar-refractivity contribution in [2.24, 2.45) is 11.6 Å². The standard InChI is InChI=1S/C23H20BN5O5/c24-17-9-8-16-18(19(30)13-4-6-14(34-27)7-5-13)20(25)29(22(16)28-17)11-12-2-1-3-15(10-12)33-21(26)23(31)32/h1-10,21H,11,25-27H2,(H,31,32)/t21-/m0/s1. The molecule has 2 aromatic heterocycles. The Hall–Kier alpha value is -4.35. The smallest absolute Gasteiger partial charge is 0.360 e. The maximum absolute atomic E-state index is 13.4. The number of aliphatic carboxylic acids is 1. The minimum Gasteiger partial charge on any atom is -0.477 e. The number of anilines is 1. The maximum atomic E-state index is 13.4. The first kappa shape index (κ1) is 22.8. The molecule has 0 bridgehead atoms. The van der Waals surface area contributed by atoms with Gasteiger partial charge in [0.25, 0.3) is 0 Å². The second-order valence-electron chi connectivity index (χ2n) is 7.45. The van der Waals surface area contributed by atoms with Crippen molar-refractivity contribution in [2.75, 3.05) is 5.73 Å². The Labute approximate surface area is 195 Å². The van der Waals surface area contributed by atoms with Crippen molar-refractivity contribution >= 4 is 42.0 Å². The number of nitrogens with two attached hydrogens (primary N) is 3. The van der Waals surface area contributed by atoms with Gasteiger partial charge in [0.1, 0.15) is 30.8 Å². The second kappa shape index (κ2) is 9.26. The average Bonchev–Trinajstić information content (AvgIpc) is 3.09. The van der Waals surface area contributed by atoms with Gasteiger partial charge in [-0.2, -0.15) is 5.90 Å². The van der Waals surface area contributed by atoms with Crippen LogP contribution in [-0.4, -0.2) is 40.5 Å². The lowest BCUT2D eigenvalue weighted by Crippen LogP contribution is -2.35. The van der Waals surface area contributed by atoms with Gasteiger partial charge < -0.3 is 25.0 Å². The van der Waals surface area contributed by atoms with E-state index in [-0.39, 0.29) is 35.1 Å². The Bertz CT molecular complexity index is 1390. The van der Waals surface area contributed by atoms with Gasteiger partial charge in [0, 0.05) is 10.9 Å². The number of aromatic nitrogens is 2. The molecule has 4 aromatic rings. The Morgan fingerprint density at radius 3 is 2.50 bits per heavy atom. The molecule has 0 amide bonds. The van der Waals surface area contributed by atoms with Crippen molar-refractivity contribution in [1.29, 1.82) is 0 Å². The predicted molar refractivity (Wildman–Crippen MR) is 126 cm³/mol. The Kier molecular flexibility index (Phi) is 6.22. The molecular formula is C23H20BN5O5. The molecule has 0 saturated carbocycles. The van der Waals surface area contributed by atoms with E-state index >= 15 is 0 Å². The maximum Gasteiger partial charge on any atom is 0.360 e. The Morgan fingerprint density at radius 1 is 1.09 bits per heavy atom. The zero-order valence-corrected chi connectivity index (χ0v) is 17.8. The summed E-state index contributed by atoms with van der Waals surface area (Å²) in [6.07, 6.45) is -1.51. The minimum atomic E-state index is -1.51. The number of ketones is 1. The predicted octanol–water partition coefficient (Wildman–Crippen LogP) is 0.692. The first-order valence-corrected chi connectivity index (χ1v) is 10.1. The van der Waals surface area contributed by atoms with E-state index in [4.69, 9.17) is 35.1 Å². The number of hydrogen-bond acceptors (Lipinski definition) is 8. The highest BCUT2D eigenvalue weighted by Crippen LogP contribution is 2.30. The van der Waals surface area contributed by atoms with E-state index in [1.165, 1.54) is 0 Å². The van der Waals surface area contributed by atoms with Gasteiger partial charge in [-0.3, -0.25) is 10.5 Å². The fourth-order valence-corrected chi connectivity index (χ4v) is 3.58. The molecule has 1 atom stereocenters. The molecule has 2 radical (unpaired) electrons. The van der Waals surface area contributed by atoms with E-state index in [1.54, 1.807) is 65.2 Å². The number of hydrogen-bond donors (Lipinski definition) is 4. The summed E-state index contributed by atoms with van der Waals surface area (Å²) in [5.74, 6) is 4.44. The zero-order chi connectivity index (χ0) is 24.4. The molecule has 0 aliphatic rings. The fraction of sp³-hybridized carbons (Fsp3) is 0.0870. The summed E-state index contributed by atoms with van der Waals surface area (Å²) in [6, 6.07) is 16.3. The number of nitrogens with zero attached hydrogens (tertiary/aromatic N) is 2. The third kappa shape index (κ3) is 4.42. The molecule has 10 nitrogen and oxygen atoms in total. The van der Waals surface area contributed by atoms with Crippen LogP contribution < -0.4 is 32.5 Å². The van der Waals surface area contributed by atoms with Gasteiger partial charge in [-0.1, -0.05) is 18.2 Å². The quantitative estimate of drug-likeness (QED) is 0.129. The molecule has 11 heteroatoms. The molecule has 0 saturated heterocycles. The van der Waals surface area contributed by atoms with Gasteiger partial charge in [0.05, 0.1) is 12.1 Å². The van der Waals surface area contributed by atoms with Gasteiger partial charge >= 0.3 is 5.97 Å². The summed E-state index contributed by atoms with van der Waals surface area (Å²) < 4.78 is 6.90. The average molecular weight is 457 g/mol. The van der Waals surface area contributed by atoms with Crippen molar-refractivity contribution in [3.8, 4) is 11.5 Å². The Morgan fingerprint density at radius 2 is 1.82 bits per heavy atom. The number of benzene rings is 2. The van der Waals surface area contributed by atoms with Crippen molar-refractivity contribution in [1.82, 2.24) is 9.55 Å². The fourth-order valence-electron chi connectivity index (χ4n) is 3.58. The van der Waals surface area contributed by atoms with E-state index in [2.05, 4.69) is 9.82 Å². The topological polar surface area (TPSA) is 169 Å².